The molecule has 0 saturated carbocycles. The third-order valence-corrected chi connectivity index (χ3v) is 3.69. The van der Waals surface area contributed by atoms with Crippen molar-refractivity contribution in [2.24, 2.45) is 5.92 Å². The summed E-state index contributed by atoms with van der Waals surface area (Å²) in [4.78, 5) is 49.4. The second kappa shape index (κ2) is 6.08. The normalized spacial score (nSPS) is 17.0. The summed E-state index contributed by atoms with van der Waals surface area (Å²) in [5, 5.41) is 21.7. The molecule has 0 spiro atoms. The number of nitrogens with zero attached hydrogens (tertiary/aromatic N) is 1. The van der Waals surface area contributed by atoms with Gasteiger partial charge in [-0.3, -0.25) is 19.2 Å². The number of hydrogen-bond donors (Lipinski definition) is 3. The molecule has 1 aliphatic heterocycles. The van der Waals surface area contributed by atoms with Gasteiger partial charge in [0.15, 0.2) is 5.92 Å². The Morgan fingerprint density at radius 1 is 0.920 bits per heavy atom. The summed E-state index contributed by atoms with van der Waals surface area (Å²) >= 11 is 0. The first-order valence-electron chi connectivity index (χ1n) is 7.21. The molecule has 1 atom stereocenters. The molecule has 3 N–H and O–H groups in total. The van der Waals surface area contributed by atoms with Crippen LogP contribution in [0.1, 0.15) is 0 Å². The van der Waals surface area contributed by atoms with Crippen molar-refractivity contribution in [1.82, 2.24) is 0 Å². The number of para-hydroxylation sites is 4. The number of benzene rings is 2. The van der Waals surface area contributed by atoms with Crippen LogP contribution < -0.4 is 10.2 Å². The summed E-state index contributed by atoms with van der Waals surface area (Å²) in [6.07, 6.45) is 0. The predicted molar refractivity (Wildman–Crippen MR) is 85.8 cm³/mol. The zero-order valence-corrected chi connectivity index (χ0v) is 12.7. The molecule has 25 heavy (non-hydrogen) atoms. The van der Waals surface area contributed by atoms with Crippen LogP contribution in [0.4, 0.5) is 11.4 Å². The van der Waals surface area contributed by atoms with Gasteiger partial charge in [0, 0.05) is 0 Å². The zero-order valence-electron chi connectivity index (χ0n) is 12.7. The summed E-state index contributed by atoms with van der Waals surface area (Å²) in [5.74, 6) is -7.03. The monoisotopic (exact) mass is 340 g/mol. The molecule has 2 aromatic carbocycles. The van der Waals surface area contributed by atoms with Crippen LogP contribution >= 0.6 is 0 Å². The number of nitrogens with one attached hydrogen (secondary N) is 1. The fraction of sp³-hybridized carbons (Fsp3) is 0.0588. The van der Waals surface area contributed by atoms with Gasteiger partial charge in [-0.1, -0.05) is 24.3 Å². The van der Waals surface area contributed by atoms with Crippen LogP contribution in [0.15, 0.2) is 48.5 Å². The molecule has 1 fully saturated rings. The van der Waals surface area contributed by atoms with Crippen LogP contribution in [0.25, 0.3) is 0 Å². The quantitative estimate of drug-likeness (QED) is 0.328. The molecule has 0 unspecified atom stereocenters. The molecule has 0 aromatic heterocycles. The van der Waals surface area contributed by atoms with Gasteiger partial charge in [-0.2, -0.15) is 0 Å². The van der Waals surface area contributed by atoms with Gasteiger partial charge in [0.1, 0.15) is 11.5 Å². The van der Waals surface area contributed by atoms with Crippen molar-refractivity contribution in [1.29, 1.82) is 0 Å². The van der Waals surface area contributed by atoms with E-state index in [1.165, 1.54) is 48.5 Å². The maximum Gasteiger partial charge on any atom is 0.302 e. The summed E-state index contributed by atoms with van der Waals surface area (Å²) < 4.78 is 0. The molecule has 1 aliphatic rings. The number of aromatic hydroxyl groups is 2. The number of ketones is 1. The van der Waals surface area contributed by atoms with Crippen molar-refractivity contribution in [3.05, 3.63) is 48.5 Å². The van der Waals surface area contributed by atoms with E-state index in [1.54, 1.807) is 0 Å². The highest BCUT2D eigenvalue weighted by Crippen LogP contribution is 2.32. The summed E-state index contributed by atoms with van der Waals surface area (Å²) in [6.45, 7) is 0. The lowest BCUT2D eigenvalue weighted by Crippen LogP contribution is -2.34. The second-order valence-corrected chi connectivity index (χ2v) is 5.27. The van der Waals surface area contributed by atoms with Crippen molar-refractivity contribution in [2.45, 2.75) is 0 Å². The standard InChI is InChI=1S/C17H12N2O6/c20-11-7-3-1-5-9(11)18-15(23)13-14(22)17(25)19(16(13)24)10-6-2-4-8-12(10)21/h1-8,13,20-21H,(H,18,23)/t13-/m1/s1. The zero-order chi connectivity index (χ0) is 18.1. The lowest BCUT2D eigenvalue weighted by atomic mass is 10.1. The molecule has 1 saturated heterocycles. The van der Waals surface area contributed by atoms with Gasteiger partial charge in [0.25, 0.3) is 5.91 Å². The number of carbonyl (C=O) groups is 4. The van der Waals surface area contributed by atoms with E-state index < -0.39 is 29.4 Å². The van der Waals surface area contributed by atoms with Crippen molar-refractivity contribution in [3.63, 3.8) is 0 Å². The lowest BCUT2D eigenvalue weighted by Gasteiger charge is -2.15. The molecule has 0 aliphatic carbocycles. The Labute approximate surface area is 141 Å². The Morgan fingerprint density at radius 3 is 2.16 bits per heavy atom. The van der Waals surface area contributed by atoms with E-state index in [2.05, 4.69) is 5.32 Å². The third-order valence-electron chi connectivity index (χ3n) is 3.69. The Morgan fingerprint density at radius 2 is 1.52 bits per heavy atom. The number of hydrogen-bond acceptors (Lipinski definition) is 6. The highest BCUT2D eigenvalue weighted by molar-refractivity contribution is 6.60. The summed E-state index contributed by atoms with van der Waals surface area (Å²) in [5.41, 5.74) is -0.176. The fourth-order valence-corrected chi connectivity index (χ4v) is 2.47. The van der Waals surface area contributed by atoms with E-state index in [1.807, 2.05) is 0 Å². The van der Waals surface area contributed by atoms with Crippen molar-refractivity contribution >= 4 is 34.9 Å². The van der Waals surface area contributed by atoms with Crippen molar-refractivity contribution < 1.29 is 29.4 Å². The summed E-state index contributed by atoms with van der Waals surface area (Å²) in [7, 11) is 0. The van der Waals surface area contributed by atoms with Gasteiger partial charge in [-0.25, -0.2) is 4.90 Å². The number of carbonyl (C=O) groups excluding carboxylic acids is 4. The van der Waals surface area contributed by atoms with Crippen LogP contribution in [0.2, 0.25) is 0 Å². The highest BCUT2D eigenvalue weighted by atomic mass is 16.3. The van der Waals surface area contributed by atoms with Gasteiger partial charge in [0.2, 0.25) is 11.7 Å². The third kappa shape index (κ3) is 2.69. The number of phenolic OH excluding ortho intramolecular Hbond substituents is 2. The first kappa shape index (κ1) is 16.2. The number of imide groups is 1. The van der Waals surface area contributed by atoms with E-state index >= 15 is 0 Å². The average Bonchev–Trinajstić information content (AvgIpc) is 2.80. The number of amides is 3. The van der Waals surface area contributed by atoms with E-state index in [4.69, 9.17) is 0 Å². The van der Waals surface area contributed by atoms with E-state index in [0.717, 1.165) is 0 Å². The first-order chi connectivity index (χ1) is 11.9. The number of anilines is 2. The Hall–Kier alpha value is -3.68. The molecule has 8 heteroatoms. The van der Waals surface area contributed by atoms with Crippen molar-refractivity contribution in [3.8, 4) is 11.5 Å². The van der Waals surface area contributed by atoms with E-state index in [9.17, 15) is 29.4 Å². The van der Waals surface area contributed by atoms with Crippen LogP contribution in [0.3, 0.4) is 0 Å². The van der Waals surface area contributed by atoms with Gasteiger partial charge < -0.3 is 15.5 Å². The molecular formula is C17H12N2O6. The smallest absolute Gasteiger partial charge is 0.302 e. The van der Waals surface area contributed by atoms with E-state index in [0.29, 0.717) is 4.90 Å². The predicted octanol–water partition coefficient (Wildman–Crippen LogP) is 0.795. The van der Waals surface area contributed by atoms with Crippen LogP contribution in [-0.4, -0.2) is 33.7 Å². The number of rotatable bonds is 3. The Kier molecular flexibility index (Phi) is 3.94. The molecule has 3 amide bonds. The molecule has 8 nitrogen and oxygen atoms in total. The summed E-state index contributed by atoms with van der Waals surface area (Å²) in [6, 6.07) is 11.2. The molecule has 126 valence electrons. The van der Waals surface area contributed by atoms with E-state index in [-0.39, 0.29) is 22.9 Å². The number of phenols is 2. The maximum absolute atomic E-state index is 12.4. The second-order valence-electron chi connectivity index (χ2n) is 5.27. The number of Topliss-reactive ketones (excluding diaryl/α,β-unsaturated/α-hetero) is 1. The lowest BCUT2D eigenvalue weighted by molar-refractivity contribution is -0.139. The first-order valence-corrected chi connectivity index (χ1v) is 7.21. The van der Waals surface area contributed by atoms with Crippen LogP contribution in [0.5, 0.6) is 11.5 Å². The Bertz CT molecular complexity index is 908. The van der Waals surface area contributed by atoms with Gasteiger partial charge in [-0.15, -0.1) is 0 Å². The van der Waals surface area contributed by atoms with Gasteiger partial charge >= 0.3 is 5.91 Å². The molecule has 2 aromatic rings. The molecular weight excluding hydrogens is 328 g/mol. The minimum atomic E-state index is -1.88. The Balaban J connectivity index is 1.91. The maximum atomic E-state index is 12.4. The highest BCUT2D eigenvalue weighted by Gasteiger charge is 2.52. The molecule has 1 heterocycles. The van der Waals surface area contributed by atoms with Crippen LogP contribution in [-0.2, 0) is 19.2 Å². The minimum Gasteiger partial charge on any atom is -0.506 e. The molecule has 3 rings (SSSR count). The average molecular weight is 340 g/mol. The molecule has 0 bridgehead atoms. The fourth-order valence-electron chi connectivity index (χ4n) is 2.47. The largest absolute Gasteiger partial charge is 0.506 e. The van der Waals surface area contributed by atoms with Crippen LogP contribution in [0, 0.1) is 5.92 Å². The van der Waals surface area contributed by atoms with Gasteiger partial charge in [0.05, 0.1) is 11.4 Å². The SMILES string of the molecule is O=C(Nc1ccccc1O)[C@H]1C(=O)C(=O)N(c2ccccc2O)C1=O. The topological polar surface area (TPSA) is 124 Å². The molecule has 0 radical (unpaired) electrons. The van der Waals surface area contributed by atoms with Crippen molar-refractivity contribution in [2.75, 3.05) is 10.2 Å². The van der Waals surface area contributed by atoms with Gasteiger partial charge in [-0.05, 0) is 24.3 Å². The minimum absolute atomic E-state index is 0.00144.